The number of allylic oxidation sites excluding steroid dienone is 4. The minimum Gasteiger partial charge on any atom is -0.243 e. The van der Waals surface area contributed by atoms with Crippen molar-refractivity contribution in [2.45, 2.75) is 52.6 Å². The fourth-order valence-electron chi connectivity index (χ4n) is 3.22. The first kappa shape index (κ1) is 17.8. The Hall–Kier alpha value is -1.51. The van der Waals surface area contributed by atoms with E-state index >= 15 is 0 Å². The highest BCUT2D eigenvalue weighted by molar-refractivity contribution is 5.77. The molecule has 2 rings (SSSR count). The van der Waals surface area contributed by atoms with Gasteiger partial charge in [-0.3, -0.25) is 0 Å². The number of aryl methyl sites for hydroxylation is 1. The molecule has 0 radical (unpaired) electrons. The maximum Gasteiger partial charge on any atom is 0.129 e. The number of hydrogen-bond donors (Lipinski definition) is 0. The zero-order chi connectivity index (χ0) is 17.0. The molecule has 1 aliphatic rings. The van der Waals surface area contributed by atoms with E-state index in [-0.39, 0.29) is 11.7 Å². The second kappa shape index (κ2) is 7.85. The molecule has 1 aliphatic carbocycles. The van der Waals surface area contributed by atoms with Crippen LogP contribution in [0.3, 0.4) is 0 Å². The number of rotatable bonds is 4. The van der Waals surface area contributed by atoms with Crippen LogP contribution in [-0.4, -0.2) is 6.17 Å². The Labute approximate surface area is 137 Å². The third kappa shape index (κ3) is 4.49. The lowest BCUT2D eigenvalue weighted by atomic mass is 9.80. The van der Waals surface area contributed by atoms with Crippen LogP contribution in [0, 0.1) is 24.6 Å². The van der Waals surface area contributed by atoms with Gasteiger partial charge in [-0.2, -0.15) is 0 Å². The first-order valence-electron chi connectivity index (χ1n) is 8.37. The fraction of sp³-hybridized carbons (Fsp3) is 0.500. The van der Waals surface area contributed by atoms with Gasteiger partial charge in [0.2, 0.25) is 0 Å². The Morgan fingerprint density at radius 3 is 2.43 bits per heavy atom. The van der Waals surface area contributed by atoms with Crippen molar-refractivity contribution in [3.8, 4) is 0 Å². The molecule has 0 spiro atoms. The summed E-state index contributed by atoms with van der Waals surface area (Å²) in [5.41, 5.74) is 1.34. The van der Waals surface area contributed by atoms with Gasteiger partial charge in [0, 0.05) is 5.57 Å². The van der Waals surface area contributed by atoms with Crippen LogP contribution < -0.4 is 0 Å². The van der Waals surface area contributed by atoms with Gasteiger partial charge >= 0.3 is 0 Å². The minimum absolute atomic E-state index is 0.0926. The van der Waals surface area contributed by atoms with Gasteiger partial charge in [-0.25, -0.2) is 13.2 Å². The van der Waals surface area contributed by atoms with Crippen molar-refractivity contribution in [1.29, 1.82) is 0 Å². The van der Waals surface area contributed by atoms with Gasteiger partial charge in [0.05, 0.1) is 0 Å². The second-order valence-corrected chi connectivity index (χ2v) is 6.65. The molecule has 1 saturated carbocycles. The van der Waals surface area contributed by atoms with Gasteiger partial charge in [0.25, 0.3) is 0 Å². The predicted octanol–water partition coefficient (Wildman–Crippen LogP) is 6.56. The molecular weight excluding hydrogens is 297 g/mol. The maximum absolute atomic E-state index is 14.5. The molecule has 0 saturated heterocycles. The van der Waals surface area contributed by atoms with E-state index in [2.05, 4.69) is 6.92 Å². The third-order valence-corrected chi connectivity index (χ3v) is 4.83. The quantitative estimate of drug-likeness (QED) is 0.551. The van der Waals surface area contributed by atoms with Crippen molar-refractivity contribution in [3.05, 3.63) is 53.1 Å². The van der Waals surface area contributed by atoms with E-state index in [0.29, 0.717) is 22.6 Å². The topological polar surface area (TPSA) is 0 Å². The highest BCUT2D eigenvalue weighted by Crippen LogP contribution is 2.34. The highest BCUT2D eigenvalue weighted by atomic mass is 19.1. The molecule has 0 bridgehead atoms. The summed E-state index contributed by atoms with van der Waals surface area (Å²) in [6.45, 7) is 5.51. The lowest BCUT2D eigenvalue weighted by Gasteiger charge is -2.27. The van der Waals surface area contributed by atoms with Crippen LogP contribution in [-0.2, 0) is 0 Å². The Kier molecular flexibility index (Phi) is 6.09. The van der Waals surface area contributed by atoms with Crippen LogP contribution in [0.5, 0.6) is 0 Å². The first-order chi connectivity index (χ1) is 10.9. The van der Waals surface area contributed by atoms with Gasteiger partial charge in [-0.05, 0) is 67.9 Å². The summed E-state index contributed by atoms with van der Waals surface area (Å²) in [4.78, 5) is 0. The van der Waals surface area contributed by atoms with Gasteiger partial charge < -0.3 is 0 Å². The lowest BCUT2D eigenvalue weighted by Crippen LogP contribution is -2.20. The summed E-state index contributed by atoms with van der Waals surface area (Å²) in [6, 6.07) is 4.44. The molecular formula is C20H25F3. The number of alkyl halides is 1. The molecule has 0 nitrogen and oxygen atoms in total. The zero-order valence-corrected chi connectivity index (χ0v) is 14.1. The van der Waals surface area contributed by atoms with Gasteiger partial charge in [0.1, 0.15) is 17.8 Å². The fourth-order valence-corrected chi connectivity index (χ4v) is 3.22. The van der Waals surface area contributed by atoms with E-state index in [1.165, 1.54) is 12.1 Å². The summed E-state index contributed by atoms with van der Waals surface area (Å²) in [7, 11) is 0. The van der Waals surface area contributed by atoms with Gasteiger partial charge in [0.15, 0.2) is 0 Å². The summed E-state index contributed by atoms with van der Waals surface area (Å²) < 4.78 is 42.3. The monoisotopic (exact) mass is 322 g/mol. The summed E-state index contributed by atoms with van der Waals surface area (Å²) in [6.07, 6.45) is 5.07. The molecule has 3 heteroatoms. The van der Waals surface area contributed by atoms with E-state index in [1.54, 1.807) is 26.0 Å². The Balaban J connectivity index is 2.15. The molecule has 0 aromatic heterocycles. The third-order valence-electron chi connectivity index (χ3n) is 4.83. The van der Waals surface area contributed by atoms with Crippen molar-refractivity contribution >= 4 is 5.57 Å². The van der Waals surface area contributed by atoms with Gasteiger partial charge in [-0.15, -0.1) is 0 Å². The van der Waals surface area contributed by atoms with E-state index in [1.807, 2.05) is 0 Å². The van der Waals surface area contributed by atoms with Crippen molar-refractivity contribution in [3.63, 3.8) is 0 Å². The van der Waals surface area contributed by atoms with E-state index in [4.69, 9.17) is 0 Å². The smallest absolute Gasteiger partial charge is 0.129 e. The Bertz CT molecular complexity index is 593. The molecule has 1 atom stereocenters. The van der Waals surface area contributed by atoms with E-state index in [9.17, 15) is 13.2 Å². The molecule has 23 heavy (non-hydrogen) atoms. The summed E-state index contributed by atoms with van der Waals surface area (Å²) in [5, 5.41) is 0. The highest BCUT2D eigenvalue weighted by Gasteiger charge is 2.25. The number of halogens is 3. The minimum atomic E-state index is -1.26. The van der Waals surface area contributed by atoms with E-state index < -0.39 is 12.0 Å². The van der Waals surface area contributed by atoms with Crippen LogP contribution in [0.15, 0.2) is 36.2 Å². The van der Waals surface area contributed by atoms with E-state index in [0.717, 1.165) is 31.8 Å². The van der Waals surface area contributed by atoms with Crippen LogP contribution in [0.2, 0.25) is 0 Å². The molecule has 1 unspecified atom stereocenters. The van der Waals surface area contributed by atoms with Crippen molar-refractivity contribution in [2.75, 3.05) is 0 Å². The molecule has 126 valence electrons. The summed E-state index contributed by atoms with van der Waals surface area (Å²) >= 11 is 0. The van der Waals surface area contributed by atoms with Gasteiger partial charge in [-0.1, -0.05) is 31.9 Å². The van der Waals surface area contributed by atoms with Crippen molar-refractivity contribution < 1.29 is 13.2 Å². The Morgan fingerprint density at radius 2 is 1.87 bits per heavy atom. The molecule has 1 fully saturated rings. The van der Waals surface area contributed by atoms with Crippen molar-refractivity contribution in [1.82, 2.24) is 0 Å². The standard InChI is InChI=1S/C20H25F3/c1-4-17(16-9-10-18(21)14(3)11-16)20(23)12-19(22)15-7-5-13(2)6-8-15/h4,9-13,15,19H,5-8H2,1-3H3/b17-4-,20-12+. The largest absolute Gasteiger partial charge is 0.243 e. The molecule has 1 aromatic carbocycles. The first-order valence-corrected chi connectivity index (χ1v) is 8.37. The SMILES string of the molecule is C/C=C(\C(F)=C/C(F)C1CCC(C)CC1)c1ccc(F)c(C)c1. The van der Waals surface area contributed by atoms with Crippen LogP contribution in [0.4, 0.5) is 13.2 Å². The average Bonchev–Trinajstić information content (AvgIpc) is 2.52. The number of benzene rings is 1. The molecule has 0 amide bonds. The number of hydrogen-bond acceptors (Lipinski definition) is 0. The molecule has 0 aliphatic heterocycles. The van der Waals surface area contributed by atoms with Crippen LogP contribution >= 0.6 is 0 Å². The zero-order valence-electron chi connectivity index (χ0n) is 14.1. The lowest BCUT2D eigenvalue weighted by molar-refractivity contribution is 0.193. The molecule has 0 heterocycles. The average molecular weight is 322 g/mol. The molecule has 1 aromatic rings. The normalized spacial score (nSPS) is 24.6. The maximum atomic E-state index is 14.5. The van der Waals surface area contributed by atoms with Crippen molar-refractivity contribution in [2.24, 2.45) is 11.8 Å². The Morgan fingerprint density at radius 1 is 1.22 bits per heavy atom. The second-order valence-electron chi connectivity index (χ2n) is 6.65. The van der Waals surface area contributed by atoms with Crippen LogP contribution in [0.1, 0.15) is 50.7 Å². The van der Waals surface area contributed by atoms with Crippen LogP contribution in [0.25, 0.3) is 5.57 Å². The molecule has 0 N–H and O–H groups in total. The predicted molar refractivity (Wildman–Crippen MR) is 90.0 cm³/mol. The summed E-state index contributed by atoms with van der Waals surface area (Å²) in [5.74, 6) is -0.344.